The highest BCUT2D eigenvalue weighted by atomic mass is 15.3. The van der Waals surface area contributed by atoms with Crippen LogP contribution in [-0.4, -0.2) is 60.4 Å². The van der Waals surface area contributed by atoms with Gasteiger partial charge in [0.2, 0.25) is 5.95 Å². The molecule has 34 heavy (non-hydrogen) atoms. The van der Waals surface area contributed by atoms with E-state index in [4.69, 9.17) is 4.98 Å². The minimum atomic E-state index is 0.678. The number of hydrogen-bond donors (Lipinski definition) is 2. The van der Waals surface area contributed by atoms with E-state index in [-0.39, 0.29) is 0 Å². The van der Waals surface area contributed by atoms with Crippen LogP contribution < -0.4 is 15.5 Å². The molecule has 7 heteroatoms. The van der Waals surface area contributed by atoms with E-state index in [1.54, 1.807) is 6.20 Å². The van der Waals surface area contributed by atoms with Crippen molar-refractivity contribution >= 4 is 17.9 Å². The second kappa shape index (κ2) is 12.1. The van der Waals surface area contributed by atoms with E-state index in [0.29, 0.717) is 11.6 Å². The number of piperazine rings is 1. The SMILES string of the molecule is C=C/C(NC(=C)c1ccnc(N2CC(C)=C(/C=N\C(=C)CC)C2)n1)=C(\C=C/C)N1CCNCC1. The van der Waals surface area contributed by atoms with E-state index in [1.165, 1.54) is 11.1 Å². The summed E-state index contributed by atoms with van der Waals surface area (Å²) < 4.78 is 0. The van der Waals surface area contributed by atoms with E-state index >= 15 is 0 Å². The second-order valence-corrected chi connectivity index (χ2v) is 8.43. The maximum Gasteiger partial charge on any atom is 0.226 e. The topological polar surface area (TPSA) is 68.7 Å². The summed E-state index contributed by atoms with van der Waals surface area (Å²) >= 11 is 0. The van der Waals surface area contributed by atoms with Gasteiger partial charge in [-0.2, -0.15) is 0 Å². The van der Waals surface area contributed by atoms with Crippen LogP contribution in [0, 0.1) is 0 Å². The molecule has 1 aromatic heterocycles. The van der Waals surface area contributed by atoms with E-state index in [9.17, 15) is 0 Å². The van der Waals surface area contributed by atoms with Gasteiger partial charge in [-0.3, -0.25) is 4.99 Å². The lowest BCUT2D eigenvalue weighted by molar-refractivity contribution is 0.304. The summed E-state index contributed by atoms with van der Waals surface area (Å²) in [5, 5.41) is 6.84. The largest absolute Gasteiger partial charge is 0.367 e. The number of allylic oxidation sites excluding steroid dienone is 4. The van der Waals surface area contributed by atoms with Gasteiger partial charge in [0.25, 0.3) is 0 Å². The molecular weight excluding hydrogens is 422 g/mol. The lowest BCUT2D eigenvalue weighted by Crippen LogP contribution is -2.43. The zero-order valence-corrected chi connectivity index (χ0v) is 20.8. The first-order valence-corrected chi connectivity index (χ1v) is 11.9. The number of nitrogens with zero attached hydrogens (tertiary/aromatic N) is 5. The van der Waals surface area contributed by atoms with Gasteiger partial charge in [0, 0.05) is 57.4 Å². The minimum absolute atomic E-state index is 0.678. The molecule has 1 aromatic rings. The Morgan fingerprint density at radius 1 is 1.26 bits per heavy atom. The van der Waals surface area contributed by atoms with Crippen molar-refractivity contribution in [2.75, 3.05) is 44.2 Å². The summed E-state index contributed by atoms with van der Waals surface area (Å²) in [7, 11) is 0. The third-order valence-corrected chi connectivity index (χ3v) is 5.93. The van der Waals surface area contributed by atoms with Gasteiger partial charge in [-0.15, -0.1) is 0 Å². The molecule has 0 spiro atoms. The first-order chi connectivity index (χ1) is 16.5. The fourth-order valence-electron chi connectivity index (χ4n) is 3.88. The van der Waals surface area contributed by atoms with Crippen LogP contribution in [0.3, 0.4) is 0 Å². The van der Waals surface area contributed by atoms with Crippen LogP contribution in [0.5, 0.6) is 0 Å². The summed E-state index contributed by atoms with van der Waals surface area (Å²) in [6.45, 7) is 23.8. The molecular formula is C27H37N7. The molecule has 0 saturated carbocycles. The Hall–Kier alpha value is -3.45. The lowest BCUT2D eigenvalue weighted by atomic mass is 10.2. The number of hydrogen-bond acceptors (Lipinski definition) is 7. The Morgan fingerprint density at radius 3 is 2.71 bits per heavy atom. The summed E-state index contributed by atoms with van der Waals surface area (Å²) in [4.78, 5) is 18.3. The number of aromatic nitrogens is 2. The van der Waals surface area contributed by atoms with Crippen molar-refractivity contribution in [3.05, 3.63) is 84.2 Å². The van der Waals surface area contributed by atoms with Crippen LogP contribution in [0.2, 0.25) is 0 Å². The normalized spacial score (nSPS) is 17.5. The van der Waals surface area contributed by atoms with Gasteiger partial charge in [-0.05, 0) is 49.6 Å². The van der Waals surface area contributed by atoms with Crippen molar-refractivity contribution in [2.24, 2.45) is 4.99 Å². The molecule has 1 saturated heterocycles. The Labute approximate surface area is 204 Å². The fourth-order valence-corrected chi connectivity index (χ4v) is 3.88. The van der Waals surface area contributed by atoms with E-state index in [2.05, 4.69) is 70.1 Å². The zero-order chi connectivity index (χ0) is 24.5. The van der Waals surface area contributed by atoms with Gasteiger partial charge in [-0.25, -0.2) is 9.97 Å². The Kier molecular flexibility index (Phi) is 8.99. The van der Waals surface area contributed by atoms with Gasteiger partial charge < -0.3 is 20.4 Å². The number of aliphatic imine (C=N–C) groups is 1. The van der Waals surface area contributed by atoms with Crippen molar-refractivity contribution in [3.8, 4) is 0 Å². The molecule has 1 fully saturated rings. The predicted molar refractivity (Wildman–Crippen MR) is 144 cm³/mol. The molecule has 0 unspecified atom stereocenters. The molecule has 7 nitrogen and oxygen atoms in total. The molecule has 0 aliphatic carbocycles. The Bertz CT molecular complexity index is 1040. The maximum atomic E-state index is 4.81. The van der Waals surface area contributed by atoms with Crippen molar-refractivity contribution in [3.63, 3.8) is 0 Å². The minimum Gasteiger partial charge on any atom is -0.367 e. The third-order valence-electron chi connectivity index (χ3n) is 5.93. The average Bonchev–Trinajstić information content (AvgIpc) is 3.25. The van der Waals surface area contributed by atoms with E-state index < -0.39 is 0 Å². The zero-order valence-electron chi connectivity index (χ0n) is 20.8. The summed E-state index contributed by atoms with van der Waals surface area (Å²) in [6.07, 6.45) is 10.6. The van der Waals surface area contributed by atoms with Gasteiger partial charge in [0.05, 0.1) is 22.8 Å². The van der Waals surface area contributed by atoms with Crippen molar-refractivity contribution in [1.29, 1.82) is 0 Å². The van der Waals surface area contributed by atoms with Gasteiger partial charge in [-0.1, -0.05) is 32.7 Å². The van der Waals surface area contributed by atoms with Crippen molar-refractivity contribution in [1.82, 2.24) is 25.5 Å². The molecule has 0 aromatic carbocycles. The average molecular weight is 460 g/mol. The van der Waals surface area contributed by atoms with Gasteiger partial charge in [0.1, 0.15) is 0 Å². The molecule has 0 amide bonds. The molecule has 0 bridgehead atoms. The van der Waals surface area contributed by atoms with Crippen molar-refractivity contribution in [2.45, 2.75) is 27.2 Å². The first-order valence-electron chi connectivity index (χ1n) is 11.9. The maximum absolute atomic E-state index is 4.81. The van der Waals surface area contributed by atoms with Crippen LogP contribution in [-0.2, 0) is 0 Å². The molecule has 2 aliphatic heterocycles. The highest BCUT2D eigenvalue weighted by molar-refractivity contribution is 5.83. The first kappa shape index (κ1) is 25.2. The van der Waals surface area contributed by atoms with Crippen LogP contribution in [0.1, 0.15) is 32.9 Å². The van der Waals surface area contributed by atoms with Crippen molar-refractivity contribution < 1.29 is 0 Å². The standard InChI is InChI=1S/C27H37N7/c1-7-10-26(33-15-13-28-14-16-33)24(9-3)31-22(6)25-11-12-29-27(32-25)34-18-20(4)23(19-34)17-30-21(5)8-2/h7,9-12,17,28,31H,3,5-6,8,13-16,18-19H2,1-2,4H3/b10-7-,26-24-,30-17-. The Morgan fingerprint density at radius 2 is 2.03 bits per heavy atom. The van der Waals surface area contributed by atoms with Gasteiger partial charge in [0.15, 0.2) is 0 Å². The second-order valence-electron chi connectivity index (χ2n) is 8.43. The quantitative estimate of drug-likeness (QED) is 0.406. The fraction of sp³-hybridized carbons (Fsp3) is 0.370. The monoisotopic (exact) mass is 459 g/mol. The Balaban J connectivity index is 1.76. The predicted octanol–water partition coefficient (Wildman–Crippen LogP) is 4.05. The smallest absolute Gasteiger partial charge is 0.226 e. The number of anilines is 1. The molecule has 3 heterocycles. The lowest BCUT2D eigenvalue weighted by Gasteiger charge is -2.32. The number of rotatable bonds is 10. The molecule has 2 N–H and O–H groups in total. The van der Waals surface area contributed by atoms with Crippen LogP contribution in [0.4, 0.5) is 5.95 Å². The molecule has 3 rings (SSSR count). The van der Waals surface area contributed by atoms with E-state index in [0.717, 1.165) is 68.5 Å². The summed E-state index contributed by atoms with van der Waals surface area (Å²) in [5.74, 6) is 0.678. The molecule has 0 radical (unpaired) electrons. The van der Waals surface area contributed by atoms with E-state index in [1.807, 2.05) is 31.4 Å². The number of nitrogens with one attached hydrogen (secondary N) is 2. The highest BCUT2D eigenvalue weighted by Crippen LogP contribution is 2.22. The summed E-state index contributed by atoms with van der Waals surface area (Å²) in [6, 6.07) is 1.88. The van der Waals surface area contributed by atoms with Crippen LogP contribution in [0.15, 0.2) is 83.5 Å². The molecule has 0 atom stereocenters. The highest BCUT2D eigenvalue weighted by Gasteiger charge is 2.21. The molecule has 2 aliphatic rings. The summed E-state index contributed by atoms with van der Waals surface area (Å²) in [5.41, 5.74) is 6.81. The molecule has 180 valence electrons. The van der Waals surface area contributed by atoms with Crippen LogP contribution >= 0.6 is 0 Å². The third kappa shape index (κ3) is 6.32. The van der Waals surface area contributed by atoms with Gasteiger partial charge >= 0.3 is 0 Å². The van der Waals surface area contributed by atoms with Crippen LogP contribution in [0.25, 0.3) is 5.70 Å².